The Hall–Kier alpha value is -3.56. The number of nitrogens with two attached hydrogens (primary N) is 2. The molecule has 1 fully saturated rings. The Morgan fingerprint density at radius 2 is 2.03 bits per heavy atom. The van der Waals surface area contributed by atoms with Crippen LogP contribution in [0.2, 0.25) is 0 Å². The third-order valence-corrected chi connectivity index (χ3v) is 5.16. The van der Waals surface area contributed by atoms with E-state index in [0.717, 1.165) is 29.9 Å². The average Bonchev–Trinajstić information content (AvgIpc) is 2.84. The minimum atomic E-state index is -0.213. The number of rotatable bonds is 8. The van der Waals surface area contributed by atoms with Crippen LogP contribution in [0.25, 0.3) is 11.3 Å². The van der Waals surface area contributed by atoms with E-state index in [1.165, 1.54) is 0 Å². The van der Waals surface area contributed by atoms with E-state index >= 15 is 0 Å². The van der Waals surface area contributed by atoms with Gasteiger partial charge in [0.1, 0.15) is 18.1 Å². The van der Waals surface area contributed by atoms with E-state index in [-0.39, 0.29) is 23.7 Å². The summed E-state index contributed by atoms with van der Waals surface area (Å²) in [5.41, 5.74) is 14.8. The molecule has 3 heterocycles. The highest BCUT2D eigenvalue weighted by Crippen LogP contribution is 2.25. The zero-order valence-electron chi connectivity index (χ0n) is 17.7. The van der Waals surface area contributed by atoms with Crippen LogP contribution < -0.4 is 21.1 Å². The topological polar surface area (TPSA) is 129 Å². The molecule has 4 N–H and O–H groups in total. The van der Waals surface area contributed by atoms with Gasteiger partial charge in [-0.1, -0.05) is 12.1 Å². The predicted octanol–water partition coefficient (Wildman–Crippen LogP) is 1.72. The van der Waals surface area contributed by atoms with Crippen LogP contribution in [-0.4, -0.2) is 60.2 Å². The monoisotopic (exact) mass is 434 g/mol. The first-order chi connectivity index (χ1) is 15.7. The number of carbonyl (C=O) groups excluding carboxylic acids is 1. The van der Waals surface area contributed by atoms with Crippen LogP contribution in [0.5, 0.6) is 5.75 Å². The zero-order chi connectivity index (χ0) is 22.3. The number of carbonyl (C=O) groups is 1. The highest BCUT2D eigenvalue weighted by molar-refractivity contribution is 6.00. The van der Waals surface area contributed by atoms with Crippen LogP contribution in [0.4, 0.5) is 11.5 Å². The van der Waals surface area contributed by atoms with Gasteiger partial charge < -0.3 is 25.8 Å². The number of ketones is 1. The maximum atomic E-state index is 13.2. The molecular formula is C23H26N6O3. The summed E-state index contributed by atoms with van der Waals surface area (Å²) >= 11 is 0. The first-order valence-electron chi connectivity index (χ1n) is 10.5. The molecule has 0 spiro atoms. The van der Waals surface area contributed by atoms with Crippen molar-refractivity contribution >= 4 is 17.3 Å². The maximum absolute atomic E-state index is 13.2. The van der Waals surface area contributed by atoms with Crippen molar-refractivity contribution in [1.29, 1.82) is 0 Å². The molecule has 4 rings (SSSR count). The molecule has 0 radical (unpaired) electrons. The number of hydrogen-bond donors (Lipinski definition) is 2. The summed E-state index contributed by atoms with van der Waals surface area (Å²) in [6.45, 7) is 3.69. The molecular weight excluding hydrogens is 408 g/mol. The number of nitrogen functional groups attached to an aromatic ring is 1. The van der Waals surface area contributed by atoms with E-state index in [9.17, 15) is 4.79 Å². The number of benzene rings is 1. The van der Waals surface area contributed by atoms with Gasteiger partial charge in [-0.2, -0.15) is 0 Å². The number of hydrogen-bond acceptors (Lipinski definition) is 9. The van der Waals surface area contributed by atoms with Gasteiger partial charge >= 0.3 is 0 Å². The van der Waals surface area contributed by atoms with Gasteiger partial charge in [-0.05, 0) is 18.2 Å². The lowest BCUT2D eigenvalue weighted by Gasteiger charge is -2.30. The van der Waals surface area contributed by atoms with Gasteiger partial charge in [0.05, 0.1) is 25.1 Å². The summed E-state index contributed by atoms with van der Waals surface area (Å²) in [5, 5.41) is 0. The smallest absolute Gasteiger partial charge is 0.189 e. The van der Waals surface area contributed by atoms with Crippen molar-refractivity contribution in [1.82, 2.24) is 15.0 Å². The fourth-order valence-corrected chi connectivity index (χ4v) is 3.59. The summed E-state index contributed by atoms with van der Waals surface area (Å²) in [4.78, 5) is 28.3. The fourth-order valence-electron chi connectivity index (χ4n) is 3.59. The molecule has 1 aliphatic heterocycles. The summed E-state index contributed by atoms with van der Waals surface area (Å²) in [6.07, 6.45) is 5.13. The van der Waals surface area contributed by atoms with Crippen molar-refractivity contribution in [3.63, 3.8) is 0 Å². The van der Waals surface area contributed by atoms with E-state index in [2.05, 4.69) is 19.9 Å². The Labute approximate surface area is 186 Å². The van der Waals surface area contributed by atoms with Gasteiger partial charge in [0.25, 0.3) is 0 Å². The van der Waals surface area contributed by atoms with Gasteiger partial charge in [-0.3, -0.25) is 9.78 Å². The number of ether oxygens (including phenoxy) is 2. The maximum Gasteiger partial charge on any atom is 0.189 e. The Balaban J connectivity index is 1.58. The normalized spacial score (nSPS) is 13.7. The molecule has 0 aliphatic carbocycles. The average molecular weight is 435 g/mol. The molecule has 166 valence electrons. The Morgan fingerprint density at radius 1 is 1.19 bits per heavy atom. The lowest BCUT2D eigenvalue weighted by Crippen LogP contribution is -2.37. The molecule has 0 atom stereocenters. The van der Waals surface area contributed by atoms with Crippen molar-refractivity contribution < 1.29 is 14.3 Å². The lowest BCUT2D eigenvalue weighted by atomic mass is 10.1. The first kappa shape index (κ1) is 21.7. The number of morpholine rings is 1. The van der Waals surface area contributed by atoms with Crippen LogP contribution >= 0.6 is 0 Å². The van der Waals surface area contributed by atoms with E-state index in [0.29, 0.717) is 37.8 Å². The first-order valence-corrected chi connectivity index (χ1v) is 10.5. The van der Waals surface area contributed by atoms with Gasteiger partial charge in [-0.15, -0.1) is 0 Å². The highest BCUT2D eigenvalue weighted by Gasteiger charge is 2.20. The Kier molecular flexibility index (Phi) is 6.88. The SMILES string of the molecule is NCCOc1cccc(-c2cnc(N)c(C(=O)Cc3cnccc3N3CCOCC3)n2)c1. The van der Waals surface area contributed by atoms with E-state index in [4.69, 9.17) is 20.9 Å². The molecule has 3 aromatic rings. The third kappa shape index (κ3) is 5.01. The van der Waals surface area contributed by atoms with E-state index in [1.807, 2.05) is 30.3 Å². The second-order valence-electron chi connectivity index (χ2n) is 7.36. The van der Waals surface area contributed by atoms with Crippen LogP contribution in [0, 0.1) is 0 Å². The van der Waals surface area contributed by atoms with Gasteiger partial charge in [0.2, 0.25) is 0 Å². The van der Waals surface area contributed by atoms with Crippen LogP contribution in [-0.2, 0) is 11.2 Å². The number of Topliss-reactive ketones (excluding diaryl/α,β-unsaturated/α-hetero) is 1. The fraction of sp³-hybridized carbons (Fsp3) is 0.304. The molecule has 0 saturated carbocycles. The number of aromatic nitrogens is 3. The highest BCUT2D eigenvalue weighted by atomic mass is 16.5. The number of anilines is 2. The van der Waals surface area contributed by atoms with Crippen LogP contribution in [0.1, 0.15) is 16.1 Å². The molecule has 9 nitrogen and oxygen atoms in total. The van der Waals surface area contributed by atoms with Gasteiger partial charge in [0, 0.05) is 55.3 Å². The molecule has 1 saturated heterocycles. The van der Waals surface area contributed by atoms with Crippen molar-refractivity contribution in [3.8, 4) is 17.0 Å². The second kappa shape index (κ2) is 10.2. The van der Waals surface area contributed by atoms with Crippen molar-refractivity contribution in [2.75, 3.05) is 50.1 Å². The van der Waals surface area contributed by atoms with Crippen LogP contribution in [0.3, 0.4) is 0 Å². The van der Waals surface area contributed by atoms with Crippen molar-refractivity contribution in [2.45, 2.75) is 6.42 Å². The van der Waals surface area contributed by atoms with E-state index in [1.54, 1.807) is 18.6 Å². The number of nitrogens with zero attached hydrogens (tertiary/aromatic N) is 4. The third-order valence-electron chi connectivity index (χ3n) is 5.16. The van der Waals surface area contributed by atoms with Gasteiger partial charge in [0.15, 0.2) is 11.6 Å². The largest absolute Gasteiger partial charge is 0.492 e. The molecule has 9 heteroatoms. The van der Waals surface area contributed by atoms with Crippen molar-refractivity contribution in [2.24, 2.45) is 5.73 Å². The Morgan fingerprint density at radius 3 is 2.84 bits per heavy atom. The van der Waals surface area contributed by atoms with E-state index < -0.39 is 0 Å². The molecule has 32 heavy (non-hydrogen) atoms. The molecule has 0 bridgehead atoms. The predicted molar refractivity (Wildman–Crippen MR) is 122 cm³/mol. The second-order valence-corrected chi connectivity index (χ2v) is 7.36. The Bertz CT molecular complexity index is 1080. The molecule has 1 aliphatic rings. The summed E-state index contributed by atoms with van der Waals surface area (Å²) in [6, 6.07) is 9.33. The lowest BCUT2D eigenvalue weighted by molar-refractivity contribution is 0.0988. The molecule has 0 amide bonds. The minimum Gasteiger partial charge on any atom is -0.492 e. The van der Waals surface area contributed by atoms with Gasteiger partial charge in [-0.25, -0.2) is 9.97 Å². The molecule has 0 unspecified atom stereocenters. The van der Waals surface area contributed by atoms with Crippen LogP contribution in [0.15, 0.2) is 48.9 Å². The molecule has 2 aromatic heterocycles. The molecule has 1 aromatic carbocycles. The quantitative estimate of drug-likeness (QED) is 0.509. The zero-order valence-corrected chi connectivity index (χ0v) is 17.7. The standard InChI is InChI=1S/C23H26N6O3/c24-5-9-32-18-3-1-2-16(12-18)19-15-27-23(25)22(28-19)21(30)13-17-14-26-6-4-20(17)29-7-10-31-11-8-29/h1-4,6,12,14-15H,5,7-11,13,24H2,(H2,25,27). The summed E-state index contributed by atoms with van der Waals surface area (Å²) in [5.74, 6) is 0.561. The summed E-state index contributed by atoms with van der Waals surface area (Å²) < 4.78 is 11.0. The van der Waals surface area contributed by atoms with Crippen molar-refractivity contribution in [3.05, 3.63) is 60.2 Å². The summed E-state index contributed by atoms with van der Waals surface area (Å²) in [7, 11) is 0. The minimum absolute atomic E-state index is 0.103. The number of pyridine rings is 1.